The van der Waals surface area contributed by atoms with Gasteiger partial charge in [-0.1, -0.05) is 109 Å². The summed E-state index contributed by atoms with van der Waals surface area (Å²) in [5, 5.41) is 7.09. The van der Waals surface area contributed by atoms with Gasteiger partial charge < -0.3 is 8.98 Å². The first-order valence-corrected chi connectivity index (χ1v) is 17.8. The number of hydrogen-bond donors (Lipinski definition) is 0. The van der Waals surface area contributed by atoms with E-state index in [2.05, 4.69) is 108 Å². The molecule has 0 amide bonds. The fourth-order valence-corrected chi connectivity index (χ4v) is 8.91. The zero-order valence-corrected chi connectivity index (χ0v) is 27.9. The first-order chi connectivity index (χ1) is 25.3. The summed E-state index contributed by atoms with van der Waals surface area (Å²) in [4.78, 5) is 15.3. The van der Waals surface area contributed by atoms with Crippen molar-refractivity contribution in [2.75, 3.05) is 0 Å². The molecule has 0 unspecified atom stereocenters. The van der Waals surface area contributed by atoms with Crippen molar-refractivity contribution in [2.45, 2.75) is 0 Å². The van der Waals surface area contributed by atoms with Gasteiger partial charge in [0, 0.05) is 64.1 Å². The maximum Gasteiger partial charge on any atom is 0.165 e. The van der Waals surface area contributed by atoms with E-state index in [-0.39, 0.29) is 0 Å². The van der Waals surface area contributed by atoms with Crippen molar-refractivity contribution in [3.05, 3.63) is 158 Å². The monoisotopic (exact) mass is 670 g/mol. The van der Waals surface area contributed by atoms with Gasteiger partial charge in [-0.2, -0.15) is 0 Å². The molecule has 11 rings (SSSR count). The molecule has 4 heterocycles. The third-order valence-electron chi connectivity index (χ3n) is 9.86. The van der Waals surface area contributed by atoms with Crippen molar-refractivity contribution in [1.29, 1.82) is 0 Å². The van der Waals surface area contributed by atoms with E-state index in [4.69, 9.17) is 19.4 Å². The van der Waals surface area contributed by atoms with E-state index in [0.717, 1.165) is 49.0 Å². The van der Waals surface area contributed by atoms with E-state index in [0.29, 0.717) is 17.5 Å². The highest BCUT2D eigenvalue weighted by Gasteiger charge is 2.21. The van der Waals surface area contributed by atoms with E-state index in [9.17, 15) is 0 Å². The number of furan rings is 1. The quantitative estimate of drug-likeness (QED) is 0.187. The average molecular weight is 671 g/mol. The predicted molar refractivity (Wildman–Crippen MR) is 211 cm³/mol. The Morgan fingerprint density at radius 2 is 1.08 bits per heavy atom. The normalized spacial score (nSPS) is 11.9. The van der Waals surface area contributed by atoms with Gasteiger partial charge >= 0.3 is 0 Å². The van der Waals surface area contributed by atoms with Gasteiger partial charge in [0.05, 0.1) is 11.0 Å². The van der Waals surface area contributed by atoms with Gasteiger partial charge in [-0.3, -0.25) is 0 Å². The Morgan fingerprint density at radius 1 is 0.431 bits per heavy atom. The molecule has 0 aliphatic rings. The molecule has 6 heteroatoms. The van der Waals surface area contributed by atoms with Crippen LogP contribution in [0.15, 0.2) is 162 Å². The maximum absolute atomic E-state index is 6.26. The summed E-state index contributed by atoms with van der Waals surface area (Å²) < 4.78 is 11.0. The second-order valence-corrected chi connectivity index (χ2v) is 13.8. The van der Waals surface area contributed by atoms with Crippen LogP contribution in [0.4, 0.5) is 0 Å². The molecule has 11 aromatic rings. The number of benzene rings is 7. The summed E-state index contributed by atoms with van der Waals surface area (Å²) in [7, 11) is 0. The van der Waals surface area contributed by atoms with Crippen LogP contribution in [0, 0.1) is 0 Å². The van der Waals surface area contributed by atoms with Gasteiger partial charge in [-0.05, 0) is 48.5 Å². The number of fused-ring (bicyclic) bond motifs is 10. The Labute approximate surface area is 295 Å². The molecule has 0 N–H and O–H groups in total. The Kier molecular flexibility index (Phi) is 6.05. The summed E-state index contributed by atoms with van der Waals surface area (Å²) in [5.74, 6) is 1.88. The minimum atomic E-state index is 0.604. The fourth-order valence-electron chi connectivity index (χ4n) is 7.55. The second-order valence-electron chi connectivity index (χ2n) is 12.8. The minimum absolute atomic E-state index is 0.604. The molecule has 238 valence electrons. The van der Waals surface area contributed by atoms with Crippen molar-refractivity contribution in [2.24, 2.45) is 0 Å². The van der Waals surface area contributed by atoms with Crippen molar-refractivity contribution in [3.8, 4) is 39.9 Å². The number of nitrogens with zero attached hydrogens (tertiary/aromatic N) is 4. The number of hydrogen-bond acceptors (Lipinski definition) is 5. The van der Waals surface area contributed by atoms with Crippen molar-refractivity contribution in [3.63, 3.8) is 0 Å². The molecular weight excluding hydrogens is 645 g/mol. The third kappa shape index (κ3) is 4.30. The van der Waals surface area contributed by atoms with Crippen molar-refractivity contribution < 1.29 is 4.42 Å². The lowest BCUT2D eigenvalue weighted by Gasteiger charge is -2.09. The number of para-hydroxylation sites is 3. The Morgan fingerprint density at radius 3 is 1.94 bits per heavy atom. The third-order valence-corrected chi connectivity index (χ3v) is 11.1. The van der Waals surface area contributed by atoms with Crippen LogP contribution in [0.25, 0.3) is 104 Å². The smallest absolute Gasteiger partial charge is 0.165 e. The summed E-state index contributed by atoms with van der Waals surface area (Å²) >= 11 is 1.81. The minimum Gasteiger partial charge on any atom is -0.456 e. The molecule has 0 atom stereocenters. The standard InChI is InChI=1S/C45H26N4OS/c1-3-12-27(13-4-1)43-46-44(28-22-23-31-30-16-8-10-21-38(30)50-39(31)26-28)48-45(47-43)35-19-11-18-32-33-24-25-37-40(42(33)51-41(32)35)34-17-7-9-20-36(34)49(37)29-14-5-2-6-15-29/h1-26H. The van der Waals surface area contributed by atoms with Crippen LogP contribution < -0.4 is 0 Å². The summed E-state index contributed by atoms with van der Waals surface area (Å²) in [6.07, 6.45) is 0. The van der Waals surface area contributed by atoms with Crippen LogP contribution in [0.1, 0.15) is 0 Å². The van der Waals surface area contributed by atoms with E-state index in [1.807, 2.05) is 65.9 Å². The largest absolute Gasteiger partial charge is 0.456 e. The molecule has 4 aromatic heterocycles. The first-order valence-electron chi connectivity index (χ1n) is 16.9. The molecule has 51 heavy (non-hydrogen) atoms. The molecule has 0 saturated heterocycles. The molecule has 0 spiro atoms. The van der Waals surface area contributed by atoms with Gasteiger partial charge in [-0.15, -0.1) is 11.3 Å². The van der Waals surface area contributed by atoms with E-state index >= 15 is 0 Å². The van der Waals surface area contributed by atoms with Crippen LogP contribution >= 0.6 is 11.3 Å². The molecule has 0 fully saturated rings. The van der Waals surface area contributed by atoms with Gasteiger partial charge in [0.25, 0.3) is 0 Å². The van der Waals surface area contributed by atoms with E-state index < -0.39 is 0 Å². The molecule has 7 aromatic carbocycles. The lowest BCUT2D eigenvalue weighted by Crippen LogP contribution is -2.00. The zero-order chi connectivity index (χ0) is 33.5. The Balaban J connectivity index is 1.16. The first kappa shape index (κ1) is 28.2. The van der Waals surface area contributed by atoms with Crippen LogP contribution in [-0.4, -0.2) is 19.5 Å². The summed E-state index contributed by atoms with van der Waals surface area (Å²) in [6, 6.07) is 54.8. The van der Waals surface area contributed by atoms with Crippen molar-refractivity contribution >= 4 is 75.3 Å². The number of aromatic nitrogens is 4. The van der Waals surface area contributed by atoms with E-state index in [1.54, 1.807) is 0 Å². The highest BCUT2D eigenvalue weighted by atomic mass is 32.1. The predicted octanol–water partition coefficient (Wildman–Crippen LogP) is 12.2. The summed E-state index contributed by atoms with van der Waals surface area (Å²) in [5.41, 5.74) is 8.01. The highest BCUT2D eigenvalue weighted by molar-refractivity contribution is 7.27. The van der Waals surface area contributed by atoms with Crippen LogP contribution in [0.2, 0.25) is 0 Å². The summed E-state index contributed by atoms with van der Waals surface area (Å²) in [6.45, 7) is 0. The maximum atomic E-state index is 6.26. The van der Waals surface area contributed by atoms with Gasteiger partial charge in [-0.25, -0.2) is 15.0 Å². The number of thiophene rings is 1. The van der Waals surface area contributed by atoms with Crippen LogP contribution in [0.3, 0.4) is 0 Å². The SMILES string of the molecule is c1ccc(-c2nc(-c3ccc4c(c3)oc3ccccc34)nc(-c3cccc4c3sc3c4ccc4c3c3ccccc3n4-c3ccccc3)n2)cc1. The second kappa shape index (κ2) is 10.9. The molecule has 0 radical (unpaired) electrons. The molecular formula is C45H26N4OS. The lowest BCUT2D eigenvalue weighted by molar-refractivity contribution is 0.669. The molecule has 0 aliphatic heterocycles. The Hall–Kier alpha value is -6.63. The lowest BCUT2D eigenvalue weighted by atomic mass is 10.1. The van der Waals surface area contributed by atoms with Crippen LogP contribution in [0.5, 0.6) is 0 Å². The molecule has 0 saturated carbocycles. The number of rotatable bonds is 4. The molecule has 5 nitrogen and oxygen atoms in total. The fraction of sp³-hybridized carbons (Fsp3) is 0. The van der Waals surface area contributed by atoms with Gasteiger partial charge in [0.2, 0.25) is 0 Å². The molecule has 0 bridgehead atoms. The average Bonchev–Trinajstić information content (AvgIpc) is 3.87. The molecule has 0 aliphatic carbocycles. The van der Waals surface area contributed by atoms with E-state index in [1.165, 1.54) is 37.3 Å². The Bertz CT molecular complexity index is 3140. The highest BCUT2D eigenvalue weighted by Crippen LogP contribution is 2.46. The van der Waals surface area contributed by atoms with Gasteiger partial charge in [0.15, 0.2) is 17.5 Å². The van der Waals surface area contributed by atoms with Gasteiger partial charge in [0.1, 0.15) is 11.2 Å². The van der Waals surface area contributed by atoms with Crippen LogP contribution in [-0.2, 0) is 0 Å². The van der Waals surface area contributed by atoms with Crippen molar-refractivity contribution in [1.82, 2.24) is 19.5 Å². The zero-order valence-electron chi connectivity index (χ0n) is 27.1. The topological polar surface area (TPSA) is 56.7 Å².